The minimum atomic E-state index is 0.0986. The largest absolute Gasteiger partial charge is 0.506 e. The summed E-state index contributed by atoms with van der Waals surface area (Å²) >= 11 is 5.93. The summed E-state index contributed by atoms with van der Waals surface area (Å²) in [6.45, 7) is 4.03. The van der Waals surface area contributed by atoms with E-state index in [1.807, 2.05) is 19.9 Å². The van der Waals surface area contributed by atoms with Crippen LogP contribution in [0.4, 0.5) is 0 Å². The molecule has 0 bridgehead atoms. The molecule has 82 valence electrons. The molecule has 3 N–H and O–H groups in total. The van der Waals surface area contributed by atoms with Crippen molar-refractivity contribution >= 4 is 11.6 Å². The minimum Gasteiger partial charge on any atom is -0.506 e. The maximum absolute atomic E-state index is 9.49. The second-order valence-corrected chi connectivity index (χ2v) is 4.97. The summed E-state index contributed by atoms with van der Waals surface area (Å²) in [4.78, 5) is 0. The molecule has 1 unspecified atom stereocenters. The van der Waals surface area contributed by atoms with Gasteiger partial charge in [0.2, 0.25) is 0 Å². The summed E-state index contributed by atoms with van der Waals surface area (Å²) in [5.41, 5.74) is 8.39. The van der Waals surface area contributed by atoms with Gasteiger partial charge >= 0.3 is 0 Å². The summed E-state index contributed by atoms with van der Waals surface area (Å²) in [6, 6.07) is 3.72. The number of rotatable bonds is 2. The highest BCUT2D eigenvalue weighted by molar-refractivity contribution is 6.32. The third-order valence-electron chi connectivity index (χ3n) is 3.49. The van der Waals surface area contributed by atoms with Crippen LogP contribution in [0.15, 0.2) is 12.1 Å². The molecule has 2 nitrogen and oxygen atoms in total. The molecule has 0 radical (unpaired) electrons. The van der Waals surface area contributed by atoms with Crippen molar-refractivity contribution in [1.29, 1.82) is 0 Å². The number of phenols is 1. The second kappa shape index (κ2) is 3.39. The first-order valence-electron chi connectivity index (χ1n) is 5.22. The van der Waals surface area contributed by atoms with Crippen LogP contribution in [0.5, 0.6) is 5.75 Å². The fraction of sp³-hybridized carbons (Fsp3) is 0.500. The lowest BCUT2D eigenvalue weighted by Gasteiger charge is -2.22. The van der Waals surface area contributed by atoms with Gasteiger partial charge in [0.1, 0.15) is 5.75 Å². The average Bonchev–Trinajstić information content (AvgIpc) is 2.92. The van der Waals surface area contributed by atoms with Gasteiger partial charge in [-0.15, -0.1) is 0 Å². The Kier molecular flexibility index (Phi) is 2.44. The van der Waals surface area contributed by atoms with E-state index in [1.54, 1.807) is 6.07 Å². The van der Waals surface area contributed by atoms with Gasteiger partial charge in [-0.25, -0.2) is 0 Å². The van der Waals surface area contributed by atoms with E-state index in [1.165, 1.54) is 5.56 Å². The van der Waals surface area contributed by atoms with Crippen LogP contribution in [0.2, 0.25) is 5.02 Å². The number of benzene rings is 1. The summed E-state index contributed by atoms with van der Waals surface area (Å²) in [5.74, 6) is 0.151. The second-order valence-electron chi connectivity index (χ2n) is 4.56. The average molecular weight is 226 g/mol. The van der Waals surface area contributed by atoms with E-state index >= 15 is 0 Å². The van der Waals surface area contributed by atoms with Gasteiger partial charge in [-0.2, -0.15) is 0 Å². The molecule has 0 aliphatic heterocycles. The van der Waals surface area contributed by atoms with Crippen LogP contribution in [0, 0.1) is 6.92 Å². The van der Waals surface area contributed by atoms with Gasteiger partial charge in [-0.1, -0.05) is 11.6 Å². The maximum atomic E-state index is 9.49. The molecule has 0 saturated heterocycles. The molecule has 15 heavy (non-hydrogen) atoms. The number of hydrogen-bond acceptors (Lipinski definition) is 2. The molecule has 0 amide bonds. The molecule has 1 saturated carbocycles. The van der Waals surface area contributed by atoms with Crippen LogP contribution in [0.25, 0.3) is 0 Å². The van der Waals surface area contributed by atoms with Crippen molar-refractivity contribution in [3.8, 4) is 5.75 Å². The van der Waals surface area contributed by atoms with Crippen molar-refractivity contribution in [2.45, 2.75) is 38.1 Å². The summed E-state index contributed by atoms with van der Waals surface area (Å²) in [5, 5.41) is 9.91. The van der Waals surface area contributed by atoms with Crippen LogP contribution >= 0.6 is 11.6 Å². The third-order valence-corrected chi connectivity index (χ3v) is 3.79. The van der Waals surface area contributed by atoms with Crippen molar-refractivity contribution in [3.05, 3.63) is 28.3 Å². The molecule has 3 heteroatoms. The van der Waals surface area contributed by atoms with E-state index < -0.39 is 0 Å². The Hall–Kier alpha value is -0.730. The lowest BCUT2D eigenvalue weighted by molar-refractivity contribution is 0.473. The fourth-order valence-electron chi connectivity index (χ4n) is 2.31. The SMILES string of the molecule is Cc1cc(O)c(Cl)cc1C1(C(C)N)CC1. The van der Waals surface area contributed by atoms with Gasteiger partial charge in [-0.3, -0.25) is 0 Å². The fourth-order valence-corrected chi connectivity index (χ4v) is 2.47. The molecular formula is C12H16ClNO. The molecule has 1 aromatic rings. The zero-order valence-corrected chi connectivity index (χ0v) is 9.80. The number of nitrogens with two attached hydrogens (primary N) is 1. The predicted molar refractivity (Wildman–Crippen MR) is 62.4 cm³/mol. The first-order valence-corrected chi connectivity index (χ1v) is 5.60. The van der Waals surface area contributed by atoms with Crippen LogP contribution in [0.3, 0.4) is 0 Å². The monoisotopic (exact) mass is 225 g/mol. The van der Waals surface area contributed by atoms with Gasteiger partial charge in [0.25, 0.3) is 0 Å². The van der Waals surface area contributed by atoms with Gasteiger partial charge < -0.3 is 10.8 Å². The Labute approximate surface area is 95.1 Å². The van der Waals surface area contributed by atoms with Crippen molar-refractivity contribution in [1.82, 2.24) is 0 Å². The Morgan fingerprint density at radius 1 is 1.47 bits per heavy atom. The zero-order chi connectivity index (χ0) is 11.2. The van der Waals surface area contributed by atoms with Gasteiger partial charge in [0.15, 0.2) is 0 Å². The summed E-state index contributed by atoms with van der Waals surface area (Å²) in [6.07, 6.45) is 2.24. The van der Waals surface area contributed by atoms with E-state index in [4.69, 9.17) is 17.3 Å². The maximum Gasteiger partial charge on any atom is 0.134 e. The summed E-state index contributed by atoms with van der Waals surface area (Å²) < 4.78 is 0. The molecule has 0 spiro atoms. The van der Waals surface area contributed by atoms with Crippen molar-refractivity contribution in [2.75, 3.05) is 0 Å². The molecule has 2 rings (SSSR count). The van der Waals surface area contributed by atoms with Crippen LogP contribution in [0.1, 0.15) is 30.9 Å². The van der Waals surface area contributed by atoms with Crippen molar-refractivity contribution in [2.24, 2.45) is 5.73 Å². The minimum absolute atomic E-state index is 0.0986. The molecule has 0 aromatic heterocycles. The molecule has 1 atom stereocenters. The third kappa shape index (κ3) is 1.62. The molecule has 1 aliphatic carbocycles. The summed E-state index contributed by atoms with van der Waals surface area (Å²) in [7, 11) is 0. The molecule has 0 heterocycles. The molecule has 1 aliphatic rings. The topological polar surface area (TPSA) is 46.2 Å². The quantitative estimate of drug-likeness (QED) is 0.813. The van der Waals surface area contributed by atoms with Crippen molar-refractivity contribution < 1.29 is 5.11 Å². The van der Waals surface area contributed by atoms with Crippen LogP contribution in [-0.4, -0.2) is 11.1 Å². The van der Waals surface area contributed by atoms with Crippen LogP contribution in [-0.2, 0) is 5.41 Å². The Bertz CT molecular complexity index is 397. The molecule has 1 fully saturated rings. The normalized spacial score (nSPS) is 20.0. The van der Waals surface area contributed by atoms with E-state index in [-0.39, 0.29) is 17.2 Å². The lowest BCUT2D eigenvalue weighted by atomic mass is 9.86. The number of aryl methyl sites for hydroxylation is 1. The van der Waals surface area contributed by atoms with Gasteiger partial charge in [0.05, 0.1) is 5.02 Å². The number of aromatic hydroxyl groups is 1. The van der Waals surface area contributed by atoms with Gasteiger partial charge in [-0.05, 0) is 49.9 Å². The molecule has 1 aromatic carbocycles. The van der Waals surface area contributed by atoms with Gasteiger partial charge in [0, 0.05) is 11.5 Å². The number of hydrogen-bond donors (Lipinski definition) is 2. The Morgan fingerprint density at radius 3 is 2.53 bits per heavy atom. The standard InChI is InChI=1S/C12H16ClNO/c1-7-5-11(15)10(13)6-9(7)12(3-4-12)8(2)14/h5-6,8,15H,3-4,14H2,1-2H3. The first kappa shape index (κ1) is 10.8. The number of phenolic OH excluding ortho intramolecular Hbond substituents is 1. The Balaban J connectivity index is 2.49. The highest BCUT2D eigenvalue weighted by Gasteiger charge is 2.48. The van der Waals surface area contributed by atoms with E-state index in [9.17, 15) is 5.11 Å². The highest BCUT2D eigenvalue weighted by Crippen LogP contribution is 2.52. The van der Waals surface area contributed by atoms with E-state index in [2.05, 4.69) is 0 Å². The predicted octanol–water partition coefficient (Wildman–Crippen LogP) is 2.73. The van der Waals surface area contributed by atoms with Crippen LogP contribution < -0.4 is 5.73 Å². The highest BCUT2D eigenvalue weighted by atomic mass is 35.5. The van der Waals surface area contributed by atoms with E-state index in [0.29, 0.717) is 5.02 Å². The number of halogens is 1. The zero-order valence-electron chi connectivity index (χ0n) is 9.05. The van der Waals surface area contributed by atoms with E-state index in [0.717, 1.165) is 18.4 Å². The van der Waals surface area contributed by atoms with Crippen molar-refractivity contribution in [3.63, 3.8) is 0 Å². The first-order chi connectivity index (χ1) is 6.97. The lowest BCUT2D eigenvalue weighted by Crippen LogP contribution is -2.32. The smallest absolute Gasteiger partial charge is 0.134 e. The Morgan fingerprint density at radius 2 is 2.07 bits per heavy atom. The molecular weight excluding hydrogens is 210 g/mol.